The van der Waals surface area contributed by atoms with Crippen LogP contribution in [0.1, 0.15) is 10.5 Å². The van der Waals surface area contributed by atoms with E-state index in [0.29, 0.717) is 11.8 Å². The molecule has 33 heavy (non-hydrogen) atoms. The molecule has 0 unspecified atom stereocenters. The summed E-state index contributed by atoms with van der Waals surface area (Å²) < 4.78 is 60.1. The van der Waals surface area contributed by atoms with Crippen molar-refractivity contribution < 1.29 is 26.7 Å². The number of thiazole rings is 1. The molecule has 0 radical (unpaired) electrons. The molecule has 2 aromatic carbocycles. The second-order valence-electron chi connectivity index (χ2n) is 6.51. The molecular weight excluding hydrogens is 476 g/mol. The average molecular weight is 492 g/mol. The monoisotopic (exact) mass is 491 g/mol. The summed E-state index contributed by atoms with van der Waals surface area (Å²) in [5.74, 6) is -2.28. The van der Waals surface area contributed by atoms with Gasteiger partial charge in [0.05, 0.1) is 4.90 Å². The number of carbonyl (C=O) groups is 1. The van der Waals surface area contributed by atoms with Crippen LogP contribution in [0.2, 0.25) is 0 Å². The van der Waals surface area contributed by atoms with Gasteiger partial charge in [0.1, 0.15) is 5.82 Å². The molecule has 0 atom stereocenters. The lowest BCUT2D eigenvalue weighted by molar-refractivity contribution is 0.102. The zero-order valence-corrected chi connectivity index (χ0v) is 18.2. The summed E-state index contributed by atoms with van der Waals surface area (Å²) in [6.07, 6.45) is 2.94. The van der Waals surface area contributed by atoms with Crippen LogP contribution >= 0.6 is 11.3 Å². The molecule has 170 valence electrons. The number of nitrogens with one attached hydrogen (secondary N) is 2. The van der Waals surface area contributed by atoms with Gasteiger partial charge in [-0.2, -0.15) is 5.10 Å². The first kappa shape index (κ1) is 22.4. The summed E-state index contributed by atoms with van der Waals surface area (Å²) in [6, 6.07) is 9.89. The molecule has 0 bridgehead atoms. The third kappa shape index (κ3) is 5.51. The van der Waals surface area contributed by atoms with Gasteiger partial charge in [0.2, 0.25) is 0 Å². The highest BCUT2D eigenvalue weighted by molar-refractivity contribution is 7.93. The van der Waals surface area contributed by atoms with Crippen molar-refractivity contribution in [2.24, 2.45) is 0 Å². The molecule has 0 saturated carbocycles. The maximum Gasteiger partial charge on any atom is 0.276 e. The fraction of sp³-hybridized carbons (Fsp3) is 0.0500. The van der Waals surface area contributed by atoms with Crippen LogP contribution in [0.3, 0.4) is 0 Å². The first-order valence-corrected chi connectivity index (χ1v) is 11.6. The molecular formula is C20H15F2N5O4S2. The van der Waals surface area contributed by atoms with Gasteiger partial charge in [0, 0.05) is 29.5 Å². The molecule has 4 aromatic rings. The van der Waals surface area contributed by atoms with Crippen LogP contribution in [-0.4, -0.2) is 29.1 Å². The Labute approximate surface area is 190 Å². The van der Waals surface area contributed by atoms with E-state index >= 15 is 0 Å². The molecule has 4 rings (SSSR count). The zero-order valence-electron chi connectivity index (χ0n) is 16.6. The minimum atomic E-state index is -3.80. The number of ether oxygens (including phenoxy) is 1. The molecule has 0 fully saturated rings. The molecule has 2 N–H and O–H groups in total. The molecule has 0 saturated heterocycles. The molecule has 9 nitrogen and oxygen atoms in total. The predicted octanol–water partition coefficient (Wildman–Crippen LogP) is 3.71. The fourth-order valence-electron chi connectivity index (χ4n) is 2.64. The predicted molar refractivity (Wildman–Crippen MR) is 117 cm³/mol. The van der Waals surface area contributed by atoms with Crippen molar-refractivity contribution in [1.82, 2.24) is 14.8 Å². The number of benzene rings is 2. The van der Waals surface area contributed by atoms with Crippen molar-refractivity contribution in [3.63, 3.8) is 0 Å². The maximum absolute atomic E-state index is 13.6. The number of hydrogen-bond donors (Lipinski definition) is 2. The normalized spacial score (nSPS) is 11.2. The Kier molecular flexibility index (Phi) is 6.33. The van der Waals surface area contributed by atoms with E-state index in [4.69, 9.17) is 4.74 Å². The fourth-order valence-corrected chi connectivity index (χ4v) is 4.43. The Hall–Kier alpha value is -3.84. The number of nitrogens with zero attached hydrogens (tertiary/aromatic N) is 3. The Morgan fingerprint density at radius 2 is 1.91 bits per heavy atom. The van der Waals surface area contributed by atoms with Crippen molar-refractivity contribution in [1.29, 1.82) is 0 Å². The Morgan fingerprint density at radius 3 is 2.61 bits per heavy atom. The van der Waals surface area contributed by atoms with E-state index in [1.54, 1.807) is 5.38 Å². The lowest BCUT2D eigenvalue weighted by Gasteiger charge is -2.08. The van der Waals surface area contributed by atoms with Gasteiger partial charge in [-0.15, -0.1) is 11.3 Å². The van der Waals surface area contributed by atoms with Crippen LogP contribution in [0.25, 0.3) is 0 Å². The summed E-state index contributed by atoms with van der Waals surface area (Å²) in [4.78, 5) is 16.3. The highest BCUT2D eigenvalue weighted by Crippen LogP contribution is 2.20. The van der Waals surface area contributed by atoms with E-state index in [2.05, 4.69) is 20.1 Å². The van der Waals surface area contributed by atoms with Crippen LogP contribution in [0.4, 0.5) is 19.6 Å². The second kappa shape index (κ2) is 9.34. The number of amides is 1. The summed E-state index contributed by atoms with van der Waals surface area (Å²) in [5.41, 5.74) is 0.410. The molecule has 0 spiro atoms. The standard InChI is InChI=1S/C20H15F2N5O4S2/c21-13-1-6-18(16(22)11-13)31-12-27-9-7-17(25-27)19(28)24-14-2-4-15(5-3-14)33(29,30)26-20-23-8-10-32-20/h1-11H,12H2,(H,23,26)(H,24,28). The quantitative estimate of drug-likeness (QED) is 0.388. The number of halogens is 2. The summed E-state index contributed by atoms with van der Waals surface area (Å²) in [7, 11) is -3.80. The van der Waals surface area contributed by atoms with Gasteiger partial charge in [0.25, 0.3) is 15.9 Å². The third-order valence-electron chi connectivity index (χ3n) is 4.20. The van der Waals surface area contributed by atoms with Crippen molar-refractivity contribution in [2.45, 2.75) is 11.6 Å². The van der Waals surface area contributed by atoms with Crippen LogP contribution in [0.5, 0.6) is 5.75 Å². The van der Waals surface area contributed by atoms with Gasteiger partial charge in [-0.25, -0.2) is 26.9 Å². The smallest absolute Gasteiger partial charge is 0.276 e. The number of rotatable bonds is 8. The molecule has 2 aromatic heterocycles. The van der Waals surface area contributed by atoms with E-state index in [1.165, 1.54) is 47.4 Å². The van der Waals surface area contributed by atoms with Gasteiger partial charge in [0.15, 0.2) is 29.1 Å². The van der Waals surface area contributed by atoms with E-state index < -0.39 is 27.6 Å². The maximum atomic E-state index is 13.6. The summed E-state index contributed by atoms with van der Waals surface area (Å²) in [5, 5.41) is 8.53. The van der Waals surface area contributed by atoms with Crippen molar-refractivity contribution in [3.05, 3.63) is 83.6 Å². The topological polar surface area (TPSA) is 115 Å². The molecule has 1 amide bonds. The second-order valence-corrected chi connectivity index (χ2v) is 9.09. The molecule has 13 heteroatoms. The summed E-state index contributed by atoms with van der Waals surface area (Å²) >= 11 is 1.15. The molecule has 2 heterocycles. The Balaban J connectivity index is 1.36. The van der Waals surface area contributed by atoms with Gasteiger partial charge >= 0.3 is 0 Å². The average Bonchev–Trinajstić information content (AvgIpc) is 3.45. The highest BCUT2D eigenvalue weighted by atomic mass is 32.2. The first-order chi connectivity index (χ1) is 15.8. The number of carbonyl (C=O) groups excluding carboxylic acids is 1. The molecule has 0 aliphatic carbocycles. The van der Waals surface area contributed by atoms with Gasteiger partial charge < -0.3 is 10.1 Å². The van der Waals surface area contributed by atoms with Gasteiger partial charge in [-0.1, -0.05) is 0 Å². The van der Waals surface area contributed by atoms with Crippen molar-refractivity contribution >= 4 is 38.1 Å². The summed E-state index contributed by atoms with van der Waals surface area (Å²) in [6.45, 7) is -0.200. The Bertz CT molecular complexity index is 1370. The zero-order chi connectivity index (χ0) is 23.4. The van der Waals surface area contributed by atoms with Gasteiger partial charge in [-0.05, 0) is 42.5 Å². The minimum absolute atomic E-state index is 0.00477. The van der Waals surface area contributed by atoms with E-state index in [-0.39, 0.29) is 28.2 Å². The number of sulfonamides is 1. The number of aromatic nitrogens is 3. The molecule has 0 aliphatic rings. The van der Waals surface area contributed by atoms with Crippen LogP contribution < -0.4 is 14.8 Å². The SMILES string of the molecule is O=C(Nc1ccc(S(=O)(=O)Nc2nccs2)cc1)c1ccn(COc2ccc(F)cc2F)n1. The third-order valence-corrected chi connectivity index (χ3v) is 6.37. The van der Waals surface area contributed by atoms with Crippen molar-refractivity contribution in [3.8, 4) is 5.75 Å². The Morgan fingerprint density at radius 1 is 1.12 bits per heavy atom. The lowest BCUT2D eigenvalue weighted by Crippen LogP contribution is -2.15. The van der Waals surface area contributed by atoms with E-state index in [9.17, 15) is 22.0 Å². The lowest BCUT2D eigenvalue weighted by atomic mass is 10.3. The molecule has 0 aliphatic heterocycles. The van der Waals surface area contributed by atoms with Crippen LogP contribution in [-0.2, 0) is 16.8 Å². The van der Waals surface area contributed by atoms with Gasteiger partial charge in [-0.3, -0.25) is 9.52 Å². The highest BCUT2D eigenvalue weighted by Gasteiger charge is 2.16. The van der Waals surface area contributed by atoms with Crippen LogP contribution in [0.15, 0.2) is 71.2 Å². The van der Waals surface area contributed by atoms with E-state index in [1.807, 2.05) is 0 Å². The number of hydrogen-bond acceptors (Lipinski definition) is 7. The largest absolute Gasteiger partial charge is 0.468 e. The number of anilines is 2. The van der Waals surface area contributed by atoms with E-state index in [0.717, 1.165) is 23.5 Å². The van der Waals surface area contributed by atoms with Crippen LogP contribution in [0, 0.1) is 11.6 Å². The van der Waals surface area contributed by atoms with Crippen molar-refractivity contribution in [2.75, 3.05) is 10.0 Å². The first-order valence-electron chi connectivity index (χ1n) is 9.25. The minimum Gasteiger partial charge on any atom is -0.468 e.